The number of rotatable bonds is 8. The maximum absolute atomic E-state index is 11.6. The lowest BCUT2D eigenvalue weighted by atomic mass is 10.2. The average molecular weight is 271 g/mol. The number of amides is 3. The third-order valence-electron chi connectivity index (χ3n) is 2.52. The van der Waals surface area contributed by atoms with Crippen molar-refractivity contribution < 1.29 is 19.5 Å². The van der Waals surface area contributed by atoms with Gasteiger partial charge in [0.1, 0.15) is 6.04 Å². The van der Waals surface area contributed by atoms with E-state index in [2.05, 4.69) is 17.2 Å². The van der Waals surface area contributed by atoms with Crippen LogP contribution in [0.3, 0.4) is 0 Å². The number of carbonyl (C=O) groups is 3. The zero-order chi connectivity index (χ0) is 14.8. The summed E-state index contributed by atoms with van der Waals surface area (Å²) < 4.78 is 0. The highest BCUT2D eigenvalue weighted by Crippen LogP contribution is 1.93. The number of aliphatic carboxylic acids is 1. The smallest absolute Gasteiger partial charge is 0.326 e. The fourth-order valence-corrected chi connectivity index (χ4v) is 1.44. The molecule has 0 saturated carbocycles. The normalized spacial score (nSPS) is 11.3. The number of hydrogen-bond acceptors (Lipinski definition) is 3. The van der Waals surface area contributed by atoms with Gasteiger partial charge in [-0.15, -0.1) is 6.58 Å². The first-order chi connectivity index (χ1) is 8.96. The Kier molecular flexibility index (Phi) is 7.99. The van der Waals surface area contributed by atoms with E-state index in [1.165, 1.54) is 6.08 Å². The van der Waals surface area contributed by atoms with Gasteiger partial charge in [0.15, 0.2) is 0 Å². The van der Waals surface area contributed by atoms with Gasteiger partial charge in [-0.05, 0) is 20.3 Å². The summed E-state index contributed by atoms with van der Waals surface area (Å²) in [5.74, 6) is -1.36. The van der Waals surface area contributed by atoms with E-state index in [9.17, 15) is 14.4 Å². The Morgan fingerprint density at radius 3 is 2.32 bits per heavy atom. The number of hydrogen-bond donors (Lipinski definition) is 3. The van der Waals surface area contributed by atoms with Gasteiger partial charge in [0.05, 0.1) is 6.54 Å². The first-order valence-corrected chi connectivity index (χ1v) is 6.12. The van der Waals surface area contributed by atoms with Gasteiger partial charge in [-0.1, -0.05) is 6.08 Å². The predicted octanol–water partition coefficient (Wildman–Crippen LogP) is 0.183. The van der Waals surface area contributed by atoms with E-state index in [0.717, 1.165) is 0 Å². The molecule has 108 valence electrons. The van der Waals surface area contributed by atoms with E-state index >= 15 is 0 Å². The molecule has 0 bridgehead atoms. The Morgan fingerprint density at radius 1 is 1.32 bits per heavy atom. The summed E-state index contributed by atoms with van der Waals surface area (Å²) >= 11 is 0. The Balaban J connectivity index is 4.20. The minimum Gasteiger partial charge on any atom is -0.480 e. The van der Waals surface area contributed by atoms with Crippen LogP contribution in [0.1, 0.15) is 20.3 Å². The fourth-order valence-electron chi connectivity index (χ4n) is 1.44. The SMILES string of the molecule is C=CCC(NC(=O)NCC(=O)N(CC)CC)C(=O)O. The summed E-state index contributed by atoms with van der Waals surface area (Å²) in [6.45, 7) is 8.06. The number of nitrogens with one attached hydrogen (secondary N) is 2. The van der Waals surface area contributed by atoms with Crippen molar-refractivity contribution in [2.24, 2.45) is 0 Å². The molecule has 3 N–H and O–H groups in total. The Labute approximate surface area is 112 Å². The number of nitrogens with zero attached hydrogens (tertiary/aromatic N) is 1. The first kappa shape index (κ1) is 16.9. The van der Waals surface area contributed by atoms with Crippen LogP contribution in [0.15, 0.2) is 12.7 Å². The molecule has 0 rings (SSSR count). The molecule has 1 atom stereocenters. The van der Waals surface area contributed by atoms with Crippen LogP contribution in [0.5, 0.6) is 0 Å². The lowest BCUT2D eigenvalue weighted by Gasteiger charge is -2.19. The van der Waals surface area contributed by atoms with Crippen LogP contribution in [0.25, 0.3) is 0 Å². The van der Waals surface area contributed by atoms with Gasteiger partial charge in [-0.3, -0.25) is 4.79 Å². The van der Waals surface area contributed by atoms with Crippen molar-refractivity contribution in [3.63, 3.8) is 0 Å². The molecule has 0 aliphatic carbocycles. The van der Waals surface area contributed by atoms with Gasteiger partial charge in [-0.25, -0.2) is 9.59 Å². The average Bonchev–Trinajstić information content (AvgIpc) is 2.37. The quantitative estimate of drug-likeness (QED) is 0.548. The highest BCUT2D eigenvalue weighted by molar-refractivity contribution is 5.86. The third kappa shape index (κ3) is 6.44. The molecule has 0 fully saturated rings. The van der Waals surface area contributed by atoms with Gasteiger partial charge < -0.3 is 20.6 Å². The Bertz CT molecular complexity index is 340. The van der Waals surface area contributed by atoms with Crippen LogP contribution in [0.4, 0.5) is 4.79 Å². The molecule has 0 radical (unpaired) electrons. The topological polar surface area (TPSA) is 98.7 Å². The van der Waals surface area contributed by atoms with Crippen LogP contribution in [0, 0.1) is 0 Å². The summed E-state index contributed by atoms with van der Waals surface area (Å²) in [7, 11) is 0. The molecule has 0 heterocycles. The van der Waals surface area contributed by atoms with Crippen molar-refractivity contribution in [2.45, 2.75) is 26.3 Å². The second-order valence-corrected chi connectivity index (χ2v) is 3.81. The second-order valence-electron chi connectivity index (χ2n) is 3.81. The summed E-state index contributed by atoms with van der Waals surface area (Å²) in [5.41, 5.74) is 0. The largest absolute Gasteiger partial charge is 0.480 e. The summed E-state index contributed by atoms with van der Waals surface area (Å²) in [4.78, 5) is 35.4. The molecule has 0 aromatic heterocycles. The maximum atomic E-state index is 11.6. The van der Waals surface area contributed by atoms with Crippen LogP contribution >= 0.6 is 0 Å². The molecule has 0 spiro atoms. The number of likely N-dealkylation sites (N-methyl/N-ethyl adjacent to an activating group) is 1. The zero-order valence-corrected chi connectivity index (χ0v) is 11.3. The fraction of sp³-hybridized carbons (Fsp3) is 0.583. The third-order valence-corrected chi connectivity index (χ3v) is 2.52. The van der Waals surface area contributed by atoms with Crippen LogP contribution < -0.4 is 10.6 Å². The van der Waals surface area contributed by atoms with Crippen molar-refractivity contribution in [3.05, 3.63) is 12.7 Å². The number of urea groups is 1. The lowest BCUT2D eigenvalue weighted by molar-refractivity contribution is -0.139. The van der Waals surface area contributed by atoms with Crippen molar-refractivity contribution in [3.8, 4) is 0 Å². The maximum Gasteiger partial charge on any atom is 0.326 e. The van der Waals surface area contributed by atoms with Crippen LogP contribution in [0.2, 0.25) is 0 Å². The van der Waals surface area contributed by atoms with E-state index in [1.54, 1.807) is 4.90 Å². The highest BCUT2D eigenvalue weighted by atomic mass is 16.4. The highest BCUT2D eigenvalue weighted by Gasteiger charge is 2.18. The molecular formula is C12H21N3O4. The molecule has 0 saturated heterocycles. The van der Waals surface area contributed by atoms with Crippen molar-refractivity contribution in [1.29, 1.82) is 0 Å². The van der Waals surface area contributed by atoms with Gasteiger partial charge in [0.2, 0.25) is 5.91 Å². The first-order valence-electron chi connectivity index (χ1n) is 6.12. The predicted molar refractivity (Wildman–Crippen MR) is 70.7 cm³/mol. The van der Waals surface area contributed by atoms with Gasteiger partial charge in [0.25, 0.3) is 0 Å². The summed E-state index contributed by atoms with van der Waals surface area (Å²) in [6.07, 6.45) is 1.52. The number of carboxylic acid groups (broad SMARTS) is 1. The van der Waals surface area contributed by atoms with Crippen LogP contribution in [-0.4, -0.2) is 53.6 Å². The van der Waals surface area contributed by atoms with E-state index in [1.807, 2.05) is 13.8 Å². The number of carboxylic acids is 1. The molecule has 1 unspecified atom stereocenters. The van der Waals surface area contributed by atoms with E-state index in [4.69, 9.17) is 5.11 Å². The van der Waals surface area contributed by atoms with E-state index < -0.39 is 18.0 Å². The van der Waals surface area contributed by atoms with Crippen LogP contribution in [-0.2, 0) is 9.59 Å². The molecule has 7 heteroatoms. The van der Waals surface area contributed by atoms with Gasteiger partial charge >= 0.3 is 12.0 Å². The molecule has 0 aromatic carbocycles. The Morgan fingerprint density at radius 2 is 1.89 bits per heavy atom. The van der Waals surface area contributed by atoms with Crippen molar-refractivity contribution in [1.82, 2.24) is 15.5 Å². The van der Waals surface area contributed by atoms with Gasteiger partial charge in [-0.2, -0.15) is 0 Å². The summed E-state index contributed by atoms with van der Waals surface area (Å²) in [5, 5.41) is 13.4. The molecule has 0 aromatic rings. The molecule has 3 amide bonds. The van der Waals surface area contributed by atoms with Gasteiger partial charge in [0, 0.05) is 13.1 Å². The molecule has 19 heavy (non-hydrogen) atoms. The zero-order valence-electron chi connectivity index (χ0n) is 11.3. The summed E-state index contributed by atoms with van der Waals surface area (Å²) in [6, 6.07) is -1.73. The minimum atomic E-state index is -1.15. The molecule has 0 aliphatic heterocycles. The monoisotopic (exact) mass is 271 g/mol. The molecular weight excluding hydrogens is 250 g/mol. The minimum absolute atomic E-state index is 0.118. The Hall–Kier alpha value is -2.05. The van der Waals surface area contributed by atoms with Crippen molar-refractivity contribution >= 4 is 17.9 Å². The number of carbonyl (C=O) groups excluding carboxylic acids is 2. The van der Waals surface area contributed by atoms with Crippen molar-refractivity contribution in [2.75, 3.05) is 19.6 Å². The lowest BCUT2D eigenvalue weighted by Crippen LogP contribution is -2.48. The molecule has 0 aliphatic rings. The second kappa shape index (κ2) is 8.96. The van der Waals surface area contributed by atoms with E-state index in [-0.39, 0.29) is 18.9 Å². The standard InChI is InChI=1S/C12H21N3O4/c1-4-7-9(11(17)18)14-12(19)13-8-10(16)15(5-2)6-3/h4,9H,1,5-8H2,2-3H3,(H,17,18)(H2,13,14,19). The molecule has 7 nitrogen and oxygen atoms in total. The van der Waals surface area contributed by atoms with E-state index in [0.29, 0.717) is 13.1 Å².